The number of fused-ring (bicyclic) bond motifs is 1. The Balaban J connectivity index is 1.97. The largest absolute Gasteiger partial charge is 0.385 e. The summed E-state index contributed by atoms with van der Waals surface area (Å²) in [6.07, 6.45) is 3.94. The van der Waals surface area contributed by atoms with Gasteiger partial charge < -0.3 is 10.6 Å². The van der Waals surface area contributed by atoms with Crippen LogP contribution in [0, 0.1) is 5.92 Å². The molecule has 0 aliphatic carbocycles. The summed E-state index contributed by atoms with van der Waals surface area (Å²) in [4.78, 5) is 11.3. The number of anilines is 2. The maximum absolute atomic E-state index is 11.3. The molecule has 0 fully saturated rings. The van der Waals surface area contributed by atoms with Crippen molar-refractivity contribution in [1.29, 1.82) is 0 Å². The Labute approximate surface area is 109 Å². The predicted molar refractivity (Wildman–Crippen MR) is 76.0 cm³/mol. The fourth-order valence-electron chi connectivity index (χ4n) is 2.38. The highest BCUT2D eigenvalue weighted by Gasteiger charge is 2.14. The van der Waals surface area contributed by atoms with E-state index in [1.807, 2.05) is 12.1 Å². The van der Waals surface area contributed by atoms with Gasteiger partial charge in [0.2, 0.25) is 5.91 Å². The number of carbonyl (C=O) groups excluding carboxylic acids is 1. The zero-order valence-electron chi connectivity index (χ0n) is 11.3. The van der Waals surface area contributed by atoms with Gasteiger partial charge >= 0.3 is 0 Å². The van der Waals surface area contributed by atoms with E-state index in [0.29, 0.717) is 12.3 Å². The van der Waals surface area contributed by atoms with Gasteiger partial charge in [-0.25, -0.2) is 0 Å². The summed E-state index contributed by atoms with van der Waals surface area (Å²) in [5.41, 5.74) is 3.37. The van der Waals surface area contributed by atoms with Gasteiger partial charge in [-0.05, 0) is 42.5 Å². The molecule has 2 N–H and O–H groups in total. The summed E-state index contributed by atoms with van der Waals surface area (Å²) < 4.78 is 0. The van der Waals surface area contributed by atoms with E-state index in [4.69, 9.17) is 0 Å². The molecule has 1 aliphatic rings. The normalized spacial score (nSPS) is 15.8. The van der Waals surface area contributed by atoms with Gasteiger partial charge in [0.1, 0.15) is 0 Å². The van der Waals surface area contributed by atoms with Crippen LogP contribution < -0.4 is 10.6 Å². The highest BCUT2D eigenvalue weighted by atomic mass is 16.1. The summed E-state index contributed by atoms with van der Waals surface area (Å²) in [5.74, 6) is 0.825. The van der Waals surface area contributed by atoms with Crippen LogP contribution in [-0.2, 0) is 11.2 Å². The van der Waals surface area contributed by atoms with E-state index >= 15 is 0 Å². The molecular weight excluding hydrogens is 224 g/mol. The zero-order chi connectivity index (χ0) is 13.0. The van der Waals surface area contributed by atoms with E-state index in [1.54, 1.807) is 0 Å². The van der Waals surface area contributed by atoms with Crippen LogP contribution in [0.2, 0.25) is 0 Å². The second-order valence-electron chi connectivity index (χ2n) is 5.19. The highest BCUT2D eigenvalue weighted by molar-refractivity contribution is 5.94. The Hall–Kier alpha value is -1.51. The summed E-state index contributed by atoms with van der Waals surface area (Å²) in [5, 5.41) is 6.38. The van der Waals surface area contributed by atoms with E-state index in [1.165, 1.54) is 18.4 Å². The topological polar surface area (TPSA) is 41.1 Å². The molecule has 98 valence electrons. The van der Waals surface area contributed by atoms with E-state index in [9.17, 15) is 4.79 Å². The number of rotatable bonds is 5. The molecule has 1 aromatic carbocycles. The van der Waals surface area contributed by atoms with Crippen molar-refractivity contribution >= 4 is 17.3 Å². The quantitative estimate of drug-likeness (QED) is 0.835. The van der Waals surface area contributed by atoms with Crippen LogP contribution in [0.25, 0.3) is 0 Å². The lowest BCUT2D eigenvalue weighted by Crippen LogP contribution is -2.19. The maximum atomic E-state index is 11.3. The number of hydrogen-bond acceptors (Lipinski definition) is 2. The van der Waals surface area contributed by atoms with Gasteiger partial charge in [-0.15, -0.1) is 0 Å². The molecule has 1 heterocycles. The van der Waals surface area contributed by atoms with Gasteiger partial charge in [0.25, 0.3) is 0 Å². The predicted octanol–water partition coefficient (Wildman–Crippen LogP) is 3.42. The maximum Gasteiger partial charge on any atom is 0.224 e. The Kier molecular flexibility index (Phi) is 4.24. The van der Waals surface area contributed by atoms with Crippen LogP contribution in [0.5, 0.6) is 0 Å². The highest BCUT2D eigenvalue weighted by Crippen LogP contribution is 2.25. The van der Waals surface area contributed by atoms with Gasteiger partial charge in [-0.2, -0.15) is 0 Å². The molecule has 0 saturated heterocycles. The van der Waals surface area contributed by atoms with Crippen molar-refractivity contribution in [3.05, 3.63) is 23.8 Å². The van der Waals surface area contributed by atoms with Crippen LogP contribution in [0.15, 0.2) is 18.2 Å². The molecule has 0 saturated carbocycles. The number of benzene rings is 1. The van der Waals surface area contributed by atoms with E-state index in [-0.39, 0.29) is 5.91 Å². The van der Waals surface area contributed by atoms with Gasteiger partial charge in [0, 0.05) is 24.3 Å². The van der Waals surface area contributed by atoms with Crippen LogP contribution in [0.4, 0.5) is 11.4 Å². The molecule has 1 atom stereocenters. The molecule has 18 heavy (non-hydrogen) atoms. The van der Waals surface area contributed by atoms with Gasteiger partial charge in [-0.3, -0.25) is 4.79 Å². The van der Waals surface area contributed by atoms with Crippen molar-refractivity contribution < 1.29 is 4.79 Å². The summed E-state index contributed by atoms with van der Waals surface area (Å²) in [7, 11) is 0. The third-order valence-electron chi connectivity index (χ3n) is 3.44. The Morgan fingerprint density at radius 2 is 2.22 bits per heavy atom. The zero-order valence-corrected chi connectivity index (χ0v) is 11.3. The molecule has 1 amide bonds. The molecule has 3 heteroatoms. The number of hydrogen-bond donors (Lipinski definition) is 2. The fraction of sp³-hybridized carbons (Fsp3) is 0.533. The molecule has 1 unspecified atom stereocenters. The Bertz CT molecular complexity index is 429. The average molecular weight is 246 g/mol. The van der Waals surface area contributed by atoms with E-state index in [2.05, 4.69) is 30.5 Å². The first-order chi connectivity index (χ1) is 8.69. The summed E-state index contributed by atoms with van der Waals surface area (Å²) in [6.45, 7) is 5.51. The van der Waals surface area contributed by atoms with Crippen LogP contribution in [0.3, 0.4) is 0 Å². The first-order valence-corrected chi connectivity index (χ1v) is 6.85. The molecular formula is C15H22N2O. The minimum absolute atomic E-state index is 0.125. The average Bonchev–Trinajstić information content (AvgIpc) is 2.36. The summed E-state index contributed by atoms with van der Waals surface area (Å²) >= 11 is 0. The lowest BCUT2D eigenvalue weighted by Gasteiger charge is -2.19. The number of amides is 1. The van der Waals surface area contributed by atoms with Gasteiger partial charge in [0.15, 0.2) is 0 Å². The van der Waals surface area contributed by atoms with Crippen molar-refractivity contribution in [3.8, 4) is 0 Å². The molecule has 1 aromatic rings. The molecule has 0 radical (unpaired) electrons. The lowest BCUT2D eigenvalue weighted by atomic mass is 10.0. The molecule has 0 spiro atoms. The third kappa shape index (κ3) is 3.25. The molecule has 0 bridgehead atoms. The fourth-order valence-corrected chi connectivity index (χ4v) is 2.38. The molecule has 1 aliphatic heterocycles. The van der Waals surface area contributed by atoms with Gasteiger partial charge in [0.05, 0.1) is 0 Å². The SMILES string of the molecule is CCCC(C)CNc1ccc2c(c1)CCC(=O)N2. The smallest absolute Gasteiger partial charge is 0.224 e. The minimum atomic E-state index is 0.125. The molecule has 2 rings (SSSR count). The lowest BCUT2D eigenvalue weighted by molar-refractivity contribution is -0.116. The van der Waals surface area contributed by atoms with E-state index in [0.717, 1.165) is 24.3 Å². The monoisotopic (exact) mass is 246 g/mol. The Morgan fingerprint density at radius 1 is 1.39 bits per heavy atom. The number of nitrogens with one attached hydrogen (secondary N) is 2. The number of carbonyl (C=O) groups is 1. The van der Waals surface area contributed by atoms with Crippen molar-refractivity contribution in [2.75, 3.05) is 17.2 Å². The van der Waals surface area contributed by atoms with Crippen LogP contribution in [0.1, 0.15) is 38.7 Å². The first kappa shape index (κ1) is 12.9. The Morgan fingerprint density at radius 3 is 3.00 bits per heavy atom. The third-order valence-corrected chi connectivity index (χ3v) is 3.44. The van der Waals surface area contributed by atoms with Crippen LogP contribution in [-0.4, -0.2) is 12.5 Å². The minimum Gasteiger partial charge on any atom is -0.385 e. The van der Waals surface area contributed by atoms with Crippen LogP contribution >= 0.6 is 0 Å². The van der Waals surface area contributed by atoms with Crippen molar-refractivity contribution in [2.24, 2.45) is 5.92 Å². The second-order valence-corrected chi connectivity index (χ2v) is 5.19. The van der Waals surface area contributed by atoms with Crippen molar-refractivity contribution in [1.82, 2.24) is 0 Å². The van der Waals surface area contributed by atoms with Crippen molar-refractivity contribution in [3.63, 3.8) is 0 Å². The van der Waals surface area contributed by atoms with Gasteiger partial charge in [-0.1, -0.05) is 20.3 Å². The van der Waals surface area contributed by atoms with Crippen molar-refractivity contribution in [2.45, 2.75) is 39.5 Å². The molecule has 3 nitrogen and oxygen atoms in total. The number of aryl methyl sites for hydroxylation is 1. The second kappa shape index (κ2) is 5.89. The molecule has 0 aromatic heterocycles. The van der Waals surface area contributed by atoms with E-state index < -0.39 is 0 Å². The first-order valence-electron chi connectivity index (χ1n) is 6.85. The standard InChI is InChI=1S/C15H22N2O/c1-3-4-11(2)10-16-13-6-7-14-12(9-13)5-8-15(18)17-14/h6-7,9,11,16H,3-5,8,10H2,1-2H3,(H,17,18). The summed E-state index contributed by atoms with van der Waals surface area (Å²) in [6, 6.07) is 6.20.